The summed E-state index contributed by atoms with van der Waals surface area (Å²) in [6.45, 7) is 5.81. The van der Waals surface area contributed by atoms with Gasteiger partial charge in [0.2, 0.25) is 5.91 Å². The number of hydrogen-bond donors (Lipinski definition) is 2. The van der Waals surface area contributed by atoms with E-state index in [1.165, 1.54) is 0 Å². The number of nitrogens with one attached hydrogen (secondary N) is 1. The molecule has 0 spiro atoms. The van der Waals surface area contributed by atoms with Crippen LogP contribution in [-0.2, 0) is 4.79 Å². The monoisotopic (exact) mass is 250 g/mol. The van der Waals surface area contributed by atoms with Crippen LogP contribution in [0.25, 0.3) is 0 Å². The van der Waals surface area contributed by atoms with Crippen molar-refractivity contribution in [3.8, 4) is 0 Å². The molecule has 1 heterocycles. The maximum absolute atomic E-state index is 12.1. The molecule has 1 amide bonds. The highest BCUT2D eigenvalue weighted by molar-refractivity contribution is 5.97. The van der Waals surface area contributed by atoms with Crippen LogP contribution < -0.4 is 16.0 Å². The zero-order valence-corrected chi connectivity index (χ0v) is 11.7. The number of hydrogen-bond acceptors (Lipinski definition) is 4. The first-order chi connectivity index (χ1) is 8.23. The van der Waals surface area contributed by atoms with E-state index in [1.54, 1.807) is 12.4 Å². The van der Waals surface area contributed by atoms with E-state index in [1.807, 2.05) is 45.8 Å². The van der Waals surface area contributed by atoms with Crippen molar-refractivity contribution in [3.05, 3.63) is 18.5 Å². The minimum Gasteiger partial charge on any atom is -0.376 e. The molecule has 0 radical (unpaired) electrons. The zero-order chi connectivity index (χ0) is 13.9. The third-order valence-electron chi connectivity index (χ3n) is 2.75. The SMILES string of the molecule is CN(C)c1ccncc1NC(=O)C(N)C(C)(C)C. The number of nitrogens with two attached hydrogens (primary N) is 1. The largest absolute Gasteiger partial charge is 0.376 e. The van der Waals surface area contributed by atoms with E-state index >= 15 is 0 Å². The molecule has 0 fully saturated rings. The standard InChI is InChI=1S/C13H22N4O/c1-13(2,3)11(14)12(18)16-9-8-15-7-6-10(9)17(4)5/h6-8,11H,14H2,1-5H3,(H,16,18). The van der Waals surface area contributed by atoms with Crippen LogP contribution in [0.3, 0.4) is 0 Å². The minimum atomic E-state index is -0.562. The normalized spacial score (nSPS) is 13.0. The Morgan fingerprint density at radius 1 is 1.44 bits per heavy atom. The molecule has 0 saturated heterocycles. The number of pyridine rings is 1. The molecule has 5 heteroatoms. The summed E-state index contributed by atoms with van der Waals surface area (Å²) in [5.41, 5.74) is 7.22. The van der Waals surface area contributed by atoms with Gasteiger partial charge in [-0.05, 0) is 11.5 Å². The minimum absolute atomic E-state index is 0.196. The van der Waals surface area contributed by atoms with Gasteiger partial charge in [-0.1, -0.05) is 20.8 Å². The summed E-state index contributed by atoms with van der Waals surface area (Å²) in [5, 5.41) is 2.83. The highest BCUT2D eigenvalue weighted by atomic mass is 16.2. The third kappa shape index (κ3) is 3.43. The molecular weight excluding hydrogens is 228 g/mol. The van der Waals surface area contributed by atoms with Gasteiger partial charge in [0.25, 0.3) is 0 Å². The molecule has 1 aromatic heterocycles. The van der Waals surface area contributed by atoms with Gasteiger partial charge in [-0.15, -0.1) is 0 Å². The molecule has 1 aromatic rings. The summed E-state index contributed by atoms with van der Waals surface area (Å²) in [4.78, 5) is 18.0. The van der Waals surface area contributed by atoms with Gasteiger partial charge in [0.05, 0.1) is 23.6 Å². The van der Waals surface area contributed by atoms with Crippen LogP contribution in [-0.4, -0.2) is 31.0 Å². The molecule has 18 heavy (non-hydrogen) atoms. The van der Waals surface area contributed by atoms with Crippen molar-refractivity contribution in [2.75, 3.05) is 24.3 Å². The maximum atomic E-state index is 12.1. The Bertz CT molecular complexity index is 423. The Morgan fingerprint density at radius 2 is 2.06 bits per heavy atom. The van der Waals surface area contributed by atoms with Crippen molar-refractivity contribution >= 4 is 17.3 Å². The molecule has 100 valence electrons. The van der Waals surface area contributed by atoms with E-state index in [9.17, 15) is 4.79 Å². The van der Waals surface area contributed by atoms with Crippen LogP contribution in [0, 0.1) is 5.41 Å². The number of nitrogens with zero attached hydrogens (tertiary/aromatic N) is 2. The zero-order valence-electron chi connectivity index (χ0n) is 11.7. The number of aromatic nitrogens is 1. The van der Waals surface area contributed by atoms with Crippen LogP contribution in [0.2, 0.25) is 0 Å². The number of carbonyl (C=O) groups is 1. The molecule has 0 aromatic carbocycles. The molecule has 1 unspecified atom stereocenters. The lowest BCUT2D eigenvalue weighted by Gasteiger charge is -2.26. The first-order valence-corrected chi connectivity index (χ1v) is 5.91. The lowest BCUT2D eigenvalue weighted by Crippen LogP contribution is -2.45. The van der Waals surface area contributed by atoms with Crippen LogP contribution in [0.1, 0.15) is 20.8 Å². The Hall–Kier alpha value is -1.62. The lowest BCUT2D eigenvalue weighted by molar-refractivity contribution is -0.119. The van der Waals surface area contributed by atoms with Crippen molar-refractivity contribution in [2.45, 2.75) is 26.8 Å². The molecular formula is C13H22N4O. The van der Waals surface area contributed by atoms with Crippen LogP contribution >= 0.6 is 0 Å². The topological polar surface area (TPSA) is 71.2 Å². The van der Waals surface area contributed by atoms with Crippen molar-refractivity contribution in [3.63, 3.8) is 0 Å². The predicted molar refractivity (Wildman–Crippen MR) is 74.6 cm³/mol. The average Bonchev–Trinajstić information content (AvgIpc) is 2.27. The van der Waals surface area contributed by atoms with E-state index in [0.717, 1.165) is 5.69 Å². The summed E-state index contributed by atoms with van der Waals surface area (Å²) in [6.07, 6.45) is 3.32. The Labute approximate surface area is 108 Å². The van der Waals surface area contributed by atoms with Gasteiger partial charge in [0.15, 0.2) is 0 Å². The van der Waals surface area contributed by atoms with Crippen molar-refractivity contribution in [2.24, 2.45) is 11.1 Å². The average molecular weight is 250 g/mol. The highest BCUT2D eigenvalue weighted by Gasteiger charge is 2.27. The van der Waals surface area contributed by atoms with Gasteiger partial charge in [0, 0.05) is 20.3 Å². The van der Waals surface area contributed by atoms with Crippen LogP contribution in [0.5, 0.6) is 0 Å². The third-order valence-corrected chi connectivity index (χ3v) is 2.75. The fraction of sp³-hybridized carbons (Fsp3) is 0.538. The first kappa shape index (κ1) is 14.4. The van der Waals surface area contributed by atoms with E-state index in [4.69, 9.17) is 5.73 Å². The second-order valence-electron chi connectivity index (χ2n) is 5.62. The number of amides is 1. The Balaban J connectivity index is 2.89. The van der Waals surface area contributed by atoms with Gasteiger partial charge >= 0.3 is 0 Å². The molecule has 1 atom stereocenters. The van der Waals surface area contributed by atoms with Gasteiger partial charge in [-0.25, -0.2) is 0 Å². The smallest absolute Gasteiger partial charge is 0.241 e. The summed E-state index contributed by atoms with van der Waals surface area (Å²) in [6, 6.07) is 1.28. The van der Waals surface area contributed by atoms with Gasteiger partial charge in [0.1, 0.15) is 0 Å². The van der Waals surface area contributed by atoms with E-state index < -0.39 is 6.04 Å². The lowest BCUT2D eigenvalue weighted by atomic mass is 9.87. The highest BCUT2D eigenvalue weighted by Crippen LogP contribution is 2.24. The number of anilines is 2. The Kier molecular flexibility index (Phi) is 4.29. The molecule has 3 N–H and O–H groups in total. The summed E-state index contributed by atoms with van der Waals surface area (Å²) >= 11 is 0. The quantitative estimate of drug-likeness (QED) is 0.852. The van der Waals surface area contributed by atoms with Gasteiger partial charge in [-0.2, -0.15) is 0 Å². The summed E-state index contributed by atoms with van der Waals surface area (Å²) in [5.74, 6) is -0.196. The van der Waals surface area contributed by atoms with Gasteiger partial charge in [-0.3, -0.25) is 9.78 Å². The van der Waals surface area contributed by atoms with Crippen molar-refractivity contribution < 1.29 is 4.79 Å². The Morgan fingerprint density at radius 3 is 2.56 bits per heavy atom. The predicted octanol–water partition coefficient (Wildman–Crippen LogP) is 1.46. The number of carbonyl (C=O) groups excluding carboxylic acids is 1. The fourth-order valence-electron chi connectivity index (χ4n) is 1.48. The van der Waals surface area contributed by atoms with E-state index in [-0.39, 0.29) is 11.3 Å². The van der Waals surface area contributed by atoms with E-state index in [0.29, 0.717) is 5.69 Å². The molecule has 5 nitrogen and oxygen atoms in total. The molecule has 0 aliphatic carbocycles. The van der Waals surface area contributed by atoms with Crippen molar-refractivity contribution in [1.29, 1.82) is 0 Å². The second kappa shape index (κ2) is 5.35. The molecule has 0 aliphatic rings. The number of rotatable bonds is 3. The van der Waals surface area contributed by atoms with Gasteiger partial charge < -0.3 is 16.0 Å². The maximum Gasteiger partial charge on any atom is 0.241 e. The van der Waals surface area contributed by atoms with Crippen molar-refractivity contribution in [1.82, 2.24) is 4.98 Å². The van der Waals surface area contributed by atoms with Crippen LogP contribution in [0.4, 0.5) is 11.4 Å². The summed E-state index contributed by atoms with van der Waals surface area (Å²) in [7, 11) is 3.82. The molecule has 0 aliphatic heterocycles. The first-order valence-electron chi connectivity index (χ1n) is 5.91. The molecule has 0 bridgehead atoms. The molecule has 0 saturated carbocycles. The second-order valence-corrected chi connectivity index (χ2v) is 5.62. The molecule has 1 rings (SSSR count). The summed E-state index contributed by atoms with van der Waals surface area (Å²) < 4.78 is 0. The van der Waals surface area contributed by atoms with Crippen LogP contribution in [0.15, 0.2) is 18.5 Å². The van der Waals surface area contributed by atoms with E-state index in [2.05, 4.69) is 10.3 Å². The fourth-order valence-corrected chi connectivity index (χ4v) is 1.48.